The van der Waals surface area contributed by atoms with Crippen LogP contribution in [0.2, 0.25) is 0 Å². The van der Waals surface area contributed by atoms with Crippen LogP contribution in [0.4, 0.5) is 10.7 Å². The van der Waals surface area contributed by atoms with Crippen molar-refractivity contribution in [1.82, 2.24) is 19.6 Å². The molecule has 1 aliphatic heterocycles. The molecule has 1 aliphatic rings. The molecule has 2 aromatic rings. The molecule has 1 fully saturated rings. The number of rotatable bonds is 7. The van der Waals surface area contributed by atoms with Gasteiger partial charge in [-0.1, -0.05) is 18.2 Å². The van der Waals surface area contributed by atoms with Gasteiger partial charge in [0, 0.05) is 6.54 Å². The van der Waals surface area contributed by atoms with E-state index in [0.29, 0.717) is 12.1 Å². The van der Waals surface area contributed by atoms with Crippen molar-refractivity contribution in [1.29, 1.82) is 0 Å². The van der Waals surface area contributed by atoms with Crippen LogP contribution < -0.4 is 19.5 Å². The summed E-state index contributed by atoms with van der Waals surface area (Å²) in [5, 5.41) is 2.29. The van der Waals surface area contributed by atoms with Crippen LogP contribution >= 0.6 is 0 Å². The maximum atomic E-state index is 12.8. The Morgan fingerprint density at radius 2 is 1.72 bits per heavy atom. The third kappa shape index (κ3) is 5.33. The number of likely N-dealkylation sites (tertiary alicyclic amines) is 1. The Labute approximate surface area is 169 Å². The summed E-state index contributed by atoms with van der Waals surface area (Å²) >= 11 is 0. The summed E-state index contributed by atoms with van der Waals surface area (Å²) in [4.78, 5) is 22.4. The predicted octanol–water partition coefficient (Wildman–Crippen LogP) is 1.60. The van der Waals surface area contributed by atoms with Crippen molar-refractivity contribution >= 4 is 22.0 Å². The number of hydrogen-bond donors (Lipinski definition) is 2. The van der Waals surface area contributed by atoms with E-state index in [2.05, 4.69) is 20.2 Å². The van der Waals surface area contributed by atoms with Gasteiger partial charge in [-0.3, -0.25) is 10.2 Å². The molecule has 2 N–H and O–H groups in total. The van der Waals surface area contributed by atoms with E-state index in [4.69, 9.17) is 9.47 Å². The average Bonchev–Trinajstić information content (AvgIpc) is 3.20. The summed E-state index contributed by atoms with van der Waals surface area (Å²) in [6.45, 7) is 2.36. The van der Waals surface area contributed by atoms with E-state index in [1.165, 1.54) is 26.4 Å². The van der Waals surface area contributed by atoms with Crippen LogP contribution in [0.3, 0.4) is 0 Å². The lowest BCUT2D eigenvalue weighted by atomic mass is 10.2. The smallest absolute Gasteiger partial charge is 0.335 e. The van der Waals surface area contributed by atoms with Crippen LogP contribution in [0.25, 0.3) is 0 Å². The highest BCUT2D eigenvalue weighted by atomic mass is 32.2. The molecule has 1 saturated heterocycles. The largest absolute Gasteiger partial charge is 0.481 e. The molecule has 0 radical (unpaired) electrons. The molecule has 0 spiro atoms. The Balaban J connectivity index is 1.75. The molecule has 3 rings (SSSR count). The average molecular weight is 421 g/mol. The van der Waals surface area contributed by atoms with Crippen molar-refractivity contribution in [3.8, 4) is 11.8 Å². The SMILES string of the molecule is COc1cc(OC)nc(NC(=O)NS(=O)(=O)c2ccccc2CN2CCCC2)n1. The van der Waals surface area contributed by atoms with E-state index in [-0.39, 0.29) is 22.6 Å². The minimum atomic E-state index is -4.09. The third-order valence-corrected chi connectivity index (χ3v) is 5.84. The molecule has 2 amide bonds. The van der Waals surface area contributed by atoms with Crippen molar-refractivity contribution in [2.24, 2.45) is 0 Å². The topological polar surface area (TPSA) is 123 Å². The van der Waals surface area contributed by atoms with E-state index in [1.807, 2.05) is 4.72 Å². The number of hydrogen-bond acceptors (Lipinski definition) is 8. The fourth-order valence-corrected chi connectivity index (χ4v) is 4.19. The molecule has 0 unspecified atom stereocenters. The summed E-state index contributed by atoms with van der Waals surface area (Å²) < 4.78 is 37.6. The Hall–Kier alpha value is -2.92. The highest BCUT2D eigenvalue weighted by Gasteiger charge is 2.23. The standard InChI is InChI=1S/C18H23N5O5S/c1-27-15-11-16(28-2)20-17(19-15)21-18(24)22-29(25,26)14-8-4-3-7-13(14)12-23-9-5-6-10-23/h3-4,7-8,11H,5-6,9-10,12H2,1-2H3,(H2,19,20,21,22,24). The van der Waals surface area contributed by atoms with Crippen LogP contribution in [0.15, 0.2) is 35.2 Å². The number of anilines is 1. The van der Waals surface area contributed by atoms with Gasteiger partial charge in [-0.2, -0.15) is 9.97 Å². The number of urea groups is 1. The first kappa shape index (κ1) is 20.8. The second-order valence-electron chi connectivity index (χ2n) is 6.43. The molecule has 0 bridgehead atoms. The minimum Gasteiger partial charge on any atom is -0.481 e. The summed E-state index contributed by atoms with van der Waals surface area (Å²) in [7, 11) is -1.30. The van der Waals surface area contributed by atoms with Gasteiger partial charge in [-0.05, 0) is 37.6 Å². The predicted molar refractivity (Wildman–Crippen MR) is 105 cm³/mol. The lowest BCUT2D eigenvalue weighted by molar-refractivity contribution is 0.256. The maximum Gasteiger partial charge on any atom is 0.335 e. The minimum absolute atomic E-state index is 0.0613. The molecule has 156 valence electrons. The first-order valence-corrected chi connectivity index (χ1v) is 10.5. The summed E-state index contributed by atoms with van der Waals surface area (Å²) in [6.07, 6.45) is 2.19. The lowest BCUT2D eigenvalue weighted by Crippen LogP contribution is -2.35. The quantitative estimate of drug-likeness (QED) is 0.691. The fourth-order valence-electron chi connectivity index (χ4n) is 3.05. The normalized spacial score (nSPS) is 14.4. The van der Waals surface area contributed by atoms with Crippen LogP contribution in [-0.2, 0) is 16.6 Å². The third-order valence-electron chi connectivity index (χ3n) is 4.40. The molecule has 0 atom stereocenters. The van der Waals surface area contributed by atoms with Crippen molar-refractivity contribution in [3.63, 3.8) is 0 Å². The number of ether oxygens (including phenoxy) is 2. The second kappa shape index (κ2) is 9.05. The number of carbonyl (C=O) groups is 1. The Bertz CT molecular complexity index is 954. The van der Waals surface area contributed by atoms with Crippen molar-refractivity contribution in [3.05, 3.63) is 35.9 Å². The van der Waals surface area contributed by atoms with Crippen molar-refractivity contribution < 1.29 is 22.7 Å². The van der Waals surface area contributed by atoms with Gasteiger partial charge in [-0.25, -0.2) is 17.9 Å². The van der Waals surface area contributed by atoms with E-state index in [0.717, 1.165) is 25.9 Å². The van der Waals surface area contributed by atoms with Crippen molar-refractivity contribution in [2.75, 3.05) is 32.6 Å². The number of nitrogens with one attached hydrogen (secondary N) is 2. The first-order chi connectivity index (χ1) is 13.9. The molecule has 0 saturated carbocycles. The molecular weight excluding hydrogens is 398 g/mol. The zero-order valence-corrected chi connectivity index (χ0v) is 17.0. The fraction of sp³-hybridized carbons (Fsp3) is 0.389. The van der Waals surface area contributed by atoms with Crippen LogP contribution in [0, 0.1) is 0 Å². The highest BCUT2D eigenvalue weighted by Crippen LogP contribution is 2.20. The summed E-state index contributed by atoms with van der Waals surface area (Å²) in [6, 6.07) is 7.06. The van der Waals surface area contributed by atoms with Gasteiger partial charge in [0.2, 0.25) is 17.7 Å². The number of amides is 2. The Morgan fingerprint density at radius 1 is 1.10 bits per heavy atom. The van der Waals surface area contributed by atoms with E-state index < -0.39 is 16.1 Å². The van der Waals surface area contributed by atoms with E-state index >= 15 is 0 Å². The number of sulfonamides is 1. The van der Waals surface area contributed by atoms with Gasteiger partial charge in [0.25, 0.3) is 10.0 Å². The Kier molecular flexibility index (Phi) is 6.49. The summed E-state index contributed by atoms with van der Waals surface area (Å²) in [5.41, 5.74) is 0.633. The molecule has 1 aromatic heterocycles. The molecule has 2 heterocycles. The number of methoxy groups -OCH3 is 2. The second-order valence-corrected chi connectivity index (χ2v) is 8.08. The van der Waals surface area contributed by atoms with Gasteiger partial charge < -0.3 is 9.47 Å². The molecule has 0 aliphatic carbocycles. The number of aromatic nitrogens is 2. The molecule has 11 heteroatoms. The highest BCUT2D eigenvalue weighted by molar-refractivity contribution is 7.90. The van der Waals surface area contributed by atoms with Crippen LogP contribution in [-0.4, -0.2) is 56.6 Å². The van der Waals surface area contributed by atoms with Gasteiger partial charge in [0.15, 0.2) is 0 Å². The van der Waals surface area contributed by atoms with Gasteiger partial charge in [0.1, 0.15) is 0 Å². The summed E-state index contributed by atoms with van der Waals surface area (Å²) in [5.74, 6) is 0.163. The first-order valence-electron chi connectivity index (χ1n) is 9.02. The number of benzene rings is 1. The van der Waals surface area contributed by atoms with Gasteiger partial charge in [0.05, 0.1) is 25.2 Å². The molecule has 29 heavy (non-hydrogen) atoms. The maximum absolute atomic E-state index is 12.8. The number of nitrogens with zero attached hydrogens (tertiary/aromatic N) is 3. The van der Waals surface area contributed by atoms with E-state index in [1.54, 1.807) is 18.2 Å². The number of carbonyl (C=O) groups excluding carboxylic acids is 1. The van der Waals surface area contributed by atoms with Crippen molar-refractivity contribution in [2.45, 2.75) is 24.3 Å². The van der Waals surface area contributed by atoms with Crippen LogP contribution in [0.1, 0.15) is 18.4 Å². The Morgan fingerprint density at radius 3 is 2.34 bits per heavy atom. The van der Waals surface area contributed by atoms with E-state index in [9.17, 15) is 13.2 Å². The molecular formula is C18H23N5O5S. The molecule has 10 nitrogen and oxygen atoms in total. The van der Waals surface area contributed by atoms with Crippen LogP contribution in [0.5, 0.6) is 11.8 Å². The zero-order chi connectivity index (χ0) is 20.9. The molecule has 1 aromatic carbocycles. The monoisotopic (exact) mass is 421 g/mol. The lowest BCUT2D eigenvalue weighted by Gasteiger charge is -2.17. The van der Waals surface area contributed by atoms with Gasteiger partial charge >= 0.3 is 6.03 Å². The van der Waals surface area contributed by atoms with Gasteiger partial charge in [-0.15, -0.1) is 0 Å². The zero-order valence-electron chi connectivity index (χ0n) is 16.2.